The number of hydrogen-bond donors (Lipinski definition) is 5. The van der Waals surface area contributed by atoms with Crippen molar-refractivity contribution in [3.05, 3.63) is 0 Å². The van der Waals surface area contributed by atoms with Gasteiger partial charge in [0.2, 0.25) is 5.91 Å². The largest absolute Gasteiger partial charge is 0.394 e. The SMILES string of the molecule is CCCCCC(=O)NC(C=O)C(O)C(O)C(O)CO. The van der Waals surface area contributed by atoms with Gasteiger partial charge < -0.3 is 30.5 Å². The minimum absolute atomic E-state index is 0.226. The third-order valence-electron chi connectivity index (χ3n) is 2.78. The Morgan fingerprint density at radius 3 is 2.32 bits per heavy atom. The fraction of sp³-hybridized carbons (Fsp3) is 0.833. The minimum atomic E-state index is -1.71. The van der Waals surface area contributed by atoms with E-state index >= 15 is 0 Å². The van der Waals surface area contributed by atoms with Gasteiger partial charge in [0.1, 0.15) is 30.6 Å². The van der Waals surface area contributed by atoms with Gasteiger partial charge in [0.25, 0.3) is 0 Å². The van der Waals surface area contributed by atoms with Crippen LogP contribution < -0.4 is 5.32 Å². The molecule has 5 N–H and O–H groups in total. The summed E-state index contributed by atoms with van der Waals surface area (Å²) >= 11 is 0. The highest BCUT2D eigenvalue weighted by molar-refractivity contribution is 5.79. The van der Waals surface area contributed by atoms with E-state index in [9.17, 15) is 19.8 Å². The Bertz CT molecular complexity index is 273. The van der Waals surface area contributed by atoms with Crippen molar-refractivity contribution in [3.8, 4) is 0 Å². The highest BCUT2D eigenvalue weighted by Gasteiger charge is 2.31. The van der Waals surface area contributed by atoms with Crippen molar-refractivity contribution in [2.75, 3.05) is 6.61 Å². The summed E-state index contributed by atoms with van der Waals surface area (Å²) in [5, 5.41) is 39.1. The van der Waals surface area contributed by atoms with E-state index in [0.29, 0.717) is 6.42 Å². The summed E-state index contributed by atoms with van der Waals surface area (Å²) in [4.78, 5) is 22.3. The molecule has 7 heteroatoms. The van der Waals surface area contributed by atoms with E-state index in [-0.39, 0.29) is 12.7 Å². The highest BCUT2D eigenvalue weighted by Crippen LogP contribution is 2.05. The third kappa shape index (κ3) is 6.63. The van der Waals surface area contributed by atoms with Crippen molar-refractivity contribution < 1.29 is 30.0 Å². The standard InChI is InChI=1S/C12H23NO6/c1-2-3-4-5-10(17)13-8(6-14)11(18)12(19)9(16)7-15/h6,8-9,11-12,15-16,18-19H,2-5,7H2,1H3,(H,13,17). The lowest BCUT2D eigenvalue weighted by Crippen LogP contribution is -2.53. The summed E-state index contributed by atoms with van der Waals surface area (Å²) < 4.78 is 0. The molecule has 0 aliphatic heterocycles. The number of aliphatic hydroxyl groups is 4. The highest BCUT2D eigenvalue weighted by atomic mass is 16.4. The lowest BCUT2D eigenvalue weighted by atomic mass is 10.0. The summed E-state index contributed by atoms with van der Waals surface area (Å²) in [5.41, 5.74) is 0. The Morgan fingerprint density at radius 1 is 1.21 bits per heavy atom. The second-order valence-corrected chi connectivity index (χ2v) is 4.42. The van der Waals surface area contributed by atoms with Gasteiger partial charge in [-0.05, 0) is 6.42 Å². The van der Waals surface area contributed by atoms with Crippen molar-refractivity contribution in [1.29, 1.82) is 0 Å². The smallest absolute Gasteiger partial charge is 0.220 e. The summed E-state index contributed by atoms with van der Waals surface area (Å²) in [6.45, 7) is 1.23. The predicted octanol–water partition coefficient (Wildman–Crippen LogP) is -1.67. The van der Waals surface area contributed by atoms with E-state index in [2.05, 4.69) is 5.32 Å². The van der Waals surface area contributed by atoms with Crippen molar-refractivity contribution in [1.82, 2.24) is 5.32 Å². The molecule has 0 saturated heterocycles. The van der Waals surface area contributed by atoms with Crippen LogP contribution in [0.5, 0.6) is 0 Å². The van der Waals surface area contributed by atoms with Gasteiger partial charge in [-0.15, -0.1) is 0 Å². The monoisotopic (exact) mass is 277 g/mol. The van der Waals surface area contributed by atoms with Crippen molar-refractivity contribution >= 4 is 12.2 Å². The molecule has 0 aliphatic rings. The van der Waals surface area contributed by atoms with Crippen LogP contribution in [0.1, 0.15) is 32.6 Å². The van der Waals surface area contributed by atoms with Crippen LogP contribution in [-0.2, 0) is 9.59 Å². The number of hydrogen-bond acceptors (Lipinski definition) is 6. The van der Waals surface area contributed by atoms with Gasteiger partial charge in [0.05, 0.1) is 6.61 Å². The second kappa shape index (κ2) is 9.85. The third-order valence-corrected chi connectivity index (χ3v) is 2.78. The molecule has 0 radical (unpaired) electrons. The van der Waals surface area contributed by atoms with E-state index in [1.165, 1.54) is 0 Å². The van der Waals surface area contributed by atoms with Gasteiger partial charge in [-0.3, -0.25) is 4.79 Å². The van der Waals surface area contributed by atoms with Gasteiger partial charge in [-0.2, -0.15) is 0 Å². The molecule has 0 spiro atoms. The van der Waals surface area contributed by atoms with E-state index in [1.54, 1.807) is 0 Å². The number of unbranched alkanes of at least 4 members (excludes halogenated alkanes) is 2. The van der Waals surface area contributed by atoms with Gasteiger partial charge in [0.15, 0.2) is 0 Å². The van der Waals surface area contributed by atoms with Crippen LogP contribution in [0.3, 0.4) is 0 Å². The number of nitrogens with one attached hydrogen (secondary N) is 1. The fourth-order valence-electron chi connectivity index (χ4n) is 1.54. The van der Waals surface area contributed by atoms with Crippen LogP contribution >= 0.6 is 0 Å². The molecule has 0 fully saturated rings. The molecule has 4 unspecified atom stereocenters. The first-order valence-electron chi connectivity index (χ1n) is 6.37. The van der Waals surface area contributed by atoms with E-state index in [1.807, 2.05) is 6.92 Å². The Hall–Kier alpha value is -1.02. The molecular weight excluding hydrogens is 254 g/mol. The fourth-order valence-corrected chi connectivity index (χ4v) is 1.54. The Labute approximate surface area is 112 Å². The quantitative estimate of drug-likeness (QED) is 0.240. The predicted molar refractivity (Wildman–Crippen MR) is 67.2 cm³/mol. The molecule has 1 amide bonds. The maximum absolute atomic E-state index is 11.5. The van der Waals surface area contributed by atoms with E-state index in [4.69, 9.17) is 10.2 Å². The second-order valence-electron chi connectivity index (χ2n) is 4.42. The molecule has 112 valence electrons. The molecule has 0 aromatic carbocycles. The molecule has 0 bridgehead atoms. The van der Waals surface area contributed by atoms with Crippen molar-refractivity contribution in [2.45, 2.75) is 57.0 Å². The van der Waals surface area contributed by atoms with E-state index in [0.717, 1.165) is 12.8 Å². The minimum Gasteiger partial charge on any atom is -0.394 e. The van der Waals surface area contributed by atoms with Crippen LogP contribution in [0.15, 0.2) is 0 Å². The maximum atomic E-state index is 11.5. The van der Waals surface area contributed by atoms with Gasteiger partial charge in [-0.25, -0.2) is 0 Å². The zero-order chi connectivity index (χ0) is 14.8. The number of carbonyl (C=O) groups is 2. The van der Waals surface area contributed by atoms with Crippen molar-refractivity contribution in [3.63, 3.8) is 0 Å². The molecule has 0 heterocycles. The van der Waals surface area contributed by atoms with Crippen LogP contribution in [0.4, 0.5) is 0 Å². The van der Waals surface area contributed by atoms with Gasteiger partial charge in [-0.1, -0.05) is 19.8 Å². The Kier molecular flexibility index (Phi) is 9.32. The van der Waals surface area contributed by atoms with Crippen molar-refractivity contribution in [2.24, 2.45) is 0 Å². The Balaban J connectivity index is 4.32. The molecule has 0 aromatic heterocycles. The summed E-state index contributed by atoms with van der Waals surface area (Å²) in [6, 6.07) is -1.31. The first-order chi connectivity index (χ1) is 8.97. The molecule has 0 rings (SSSR count). The number of aliphatic hydroxyl groups excluding tert-OH is 4. The van der Waals surface area contributed by atoms with Gasteiger partial charge >= 0.3 is 0 Å². The number of rotatable bonds is 10. The van der Waals surface area contributed by atoms with Crippen LogP contribution in [0, 0.1) is 0 Å². The lowest BCUT2D eigenvalue weighted by Gasteiger charge is -2.26. The number of aldehydes is 1. The normalized spacial score (nSPS) is 17.3. The average molecular weight is 277 g/mol. The molecule has 4 atom stereocenters. The average Bonchev–Trinajstić information content (AvgIpc) is 2.42. The lowest BCUT2D eigenvalue weighted by molar-refractivity contribution is -0.131. The zero-order valence-electron chi connectivity index (χ0n) is 11.0. The van der Waals surface area contributed by atoms with E-state index < -0.39 is 36.9 Å². The van der Waals surface area contributed by atoms with Gasteiger partial charge in [0, 0.05) is 6.42 Å². The first-order valence-corrected chi connectivity index (χ1v) is 6.37. The molecule has 0 aliphatic carbocycles. The summed E-state index contributed by atoms with van der Waals surface area (Å²) in [5.74, 6) is -0.407. The van der Waals surface area contributed by atoms with Crippen LogP contribution in [-0.4, -0.2) is 63.6 Å². The number of carbonyl (C=O) groups excluding carboxylic acids is 2. The first kappa shape index (κ1) is 18.0. The molecule has 7 nitrogen and oxygen atoms in total. The summed E-state index contributed by atoms with van der Waals surface area (Å²) in [7, 11) is 0. The molecule has 19 heavy (non-hydrogen) atoms. The summed E-state index contributed by atoms with van der Waals surface area (Å²) in [6.07, 6.45) is -1.94. The van der Waals surface area contributed by atoms with Crippen LogP contribution in [0.2, 0.25) is 0 Å². The van der Waals surface area contributed by atoms with Crippen LogP contribution in [0.25, 0.3) is 0 Å². The molecular formula is C12H23NO6. The number of amides is 1. The maximum Gasteiger partial charge on any atom is 0.220 e. The zero-order valence-corrected chi connectivity index (χ0v) is 11.0. The topological polar surface area (TPSA) is 127 Å². The molecule has 0 aromatic rings. The molecule has 0 saturated carbocycles. The Morgan fingerprint density at radius 2 is 1.84 bits per heavy atom.